The van der Waals surface area contributed by atoms with Gasteiger partial charge in [0, 0.05) is 12.5 Å². The number of aliphatic hydroxyl groups is 1. The van der Waals surface area contributed by atoms with Gasteiger partial charge < -0.3 is 5.11 Å². The second-order valence-electron chi connectivity index (χ2n) is 3.47. The number of hydrogen-bond acceptors (Lipinski definition) is 2. The van der Waals surface area contributed by atoms with Crippen LogP contribution in [0, 0.1) is 11.3 Å². The van der Waals surface area contributed by atoms with E-state index in [1.807, 2.05) is 32.0 Å². The van der Waals surface area contributed by atoms with E-state index in [4.69, 9.17) is 10.4 Å². The lowest BCUT2D eigenvalue weighted by Crippen LogP contribution is -2.00. The van der Waals surface area contributed by atoms with Crippen molar-refractivity contribution in [2.75, 3.05) is 6.61 Å². The van der Waals surface area contributed by atoms with Crippen molar-refractivity contribution < 1.29 is 5.11 Å². The first-order chi connectivity index (χ1) is 6.72. The fourth-order valence-corrected chi connectivity index (χ4v) is 1.42. The Morgan fingerprint density at radius 3 is 2.71 bits per heavy atom. The molecule has 0 saturated heterocycles. The van der Waals surface area contributed by atoms with E-state index in [1.165, 1.54) is 0 Å². The molecule has 1 unspecified atom stereocenters. The van der Waals surface area contributed by atoms with Crippen LogP contribution in [0.5, 0.6) is 0 Å². The van der Waals surface area contributed by atoms with Gasteiger partial charge in [0.25, 0.3) is 0 Å². The van der Waals surface area contributed by atoms with Crippen molar-refractivity contribution in [1.29, 1.82) is 5.26 Å². The van der Waals surface area contributed by atoms with Crippen LogP contribution in [0.3, 0.4) is 0 Å². The molecule has 0 aliphatic carbocycles. The van der Waals surface area contributed by atoms with Gasteiger partial charge in [0.1, 0.15) is 0 Å². The molecule has 0 aliphatic heterocycles. The van der Waals surface area contributed by atoms with Crippen molar-refractivity contribution >= 4 is 0 Å². The molecule has 1 aromatic carbocycles. The third kappa shape index (κ3) is 2.12. The van der Waals surface area contributed by atoms with Crippen LogP contribution in [-0.4, -0.2) is 11.7 Å². The fourth-order valence-electron chi connectivity index (χ4n) is 1.42. The molecule has 0 aromatic heterocycles. The summed E-state index contributed by atoms with van der Waals surface area (Å²) < 4.78 is 0. The Bertz CT molecular complexity index is 352. The number of nitriles is 1. The third-order valence-corrected chi connectivity index (χ3v) is 2.48. The largest absolute Gasteiger partial charge is 0.396 e. The Hall–Kier alpha value is -1.33. The van der Waals surface area contributed by atoms with Crippen LogP contribution >= 0.6 is 0 Å². The highest BCUT2D eigenvalue weighted by Gasteiger charge is 2.07. The molecule has 74 valence electrons. The fraction of sp³-hybridized carbons (Fsp3) is 0.417. The quantitative estimate of drug-likeness (QED) is 0.792. The molecular formula is C12H15NO. The number of aliphatic hydroxyl groups excluding tert-OH is 1. The minimum Gasteiger partial charge on any atom is -0.396 e. The normalized spacial score (nSPS) is 12.1. The minimum atomic E-state index is 0.105. The molecule has 0 amide bonds. The predicted octanol–water partition coefficient (Wildman–Crippen LogP) is 2.22. The van der Waals surface area contributed by atoms with E-state index in [1.54, 1.807) is 0 Å². The lowest BCUT2D eigenvalue weighted by molar-refractivity contribution is 0.273. The SMILES string of the molecule is CCc1ccc(C(C)CO)cc1C#N. The number of benzene rings is 1. The summed E-state index contributed by atoms with van der Waals surface area (Å²) in [6.45, 7) is 4.10. The zero-order chi connectivity index (χ0) is 10.6. The molecule has 0 saturated carbocycles. The van der Waals surface area contributed by atoms with Gasteiger partial charge >= 0.3 is 0 Å². The molecule has 0 radical (unpaired) electrons. The smallest absolute Gasteiger partial charge is 0.0994 e. The van der Waals surface area contributed by atoms with E-state index in [9.17, 15) is 0 Å². The second kappa shape index (κ2) is 4.78. The molecule has 0 aliphatic rings. The van der Waals surface area contributed by atoms with E-state index in [2.05, 4.69) is 6.07 Å². The summed E-state index contributed by atoms with van der Waals surface area (Å²) in [4.78, 5) is 0. The molecule has 1 rings (SSSR count). The van der Waals surface area contributed by atoms with Crippen molar-refractivity contribution in [1.82, 2.24) is 0 Å². The summed E-state index contributed by atoms with van der Waals surface area (Å²) in [5.41, 5.74) is 2.83. The minimum absolute atomic E-state index is 0.105. The Balaban J connectivity index is 3.09. The van der Waals surface area contributed by atoms with Gasteiger partial charge in [0.05, 0.1) is 11.6 Å². The molecule has 0 bridgehead atoms. The Morgan fingerprint density at radius 2 is 2.21 bits per heavy atom. The molecule has 0 heterocycles. The van der Waals surface area contributed by atoms with Crippen LogP contribution < -0.4 is 0 Å². The maximum atomic E-state index is 9.00. The zero-order valence-corrected chi connectivity index (χ0v) is 8.62. The van der Waals surface area contributed by atoms with Crippen LogP contribution in [0.1, 0.15) is 36.5 Å². The molecule has 0 fully saturated rings. The van der Waals surface area contributed by atoms with E-state index in [0.717, 1.165) is 23.1 Å². The Kier molecular flexibility index (Phi) is 3.67. The van der Waals surface area contributed by atoms with Gasteiger partial charge in [-0.15, -0.1) is 0 Å². The molecule has 2 heteroatoms. The van der Waals surface area contributed by atoms with Crippen molar-refractivity contribution in [3.63, 3.8) is 0 Å². The number of aryl methyl sites for hydroxylation is 1. The van der Waals surface area contributed by atoms with Gasteiger partial charge in [0.2, 0.25) is 0 Å². The summed E-state index contributed by atoms with van der Waals surface area (Å²) in [7, 11) is 0. The molecular weight excluding hydrogens is 174 g/mol. The van der Waals surface area contributed by atoms with Gasteiger partial charge in [-0.05, 0) is 23.6 Å². The van der Waals surface area contributed by atoms with E-state index in [-0.39, 0.29) is 12.5 Å². The predicted molar refractivity (Wildman–Crippen MR) is 56.0 cm³/mol. The average molecular weight is 189 g/mol. The first-order valence-electron chi connectivity index (χ1n) is 4.86. The van der Waals surface area contributed by atoms with Crippen molar-refractivity contribution in [3.05, 3.63) is 34.9 Å². The average Bonchev–Trinajstić information content (AvgIpc) is 2.26. The van der Waals surface area contributed by atoms with E-state index >= 15 is 0 Å². The highest BCUT2D eigenvalue weighted by molar-refractivity contribution is 5.41. The van der Waals surface area contributed by atoms with Crippen LogP contribution in [-0.2, 0) is 6.42 Å². The number of hydrogen-bond donors (Lipinski definition) is 1. The lowest BCUT2D eigenvalue weighted by Gasteiger charge is -2.10. The van der Waals surface area contributed by atoms with E-state index < -0.39 is 0 Å². The maximum Gasteiger partial charge on any atom is 0.0994 e. The molecule has 14 heavy (non-hydrogen) atoms. The zero-order valence-electron chi connectivity index (χ0n) is 8.62. The second-order valence-corrected chi connectivity index (χ2v) is 3.47. The number of rotatable bonds is 3. The monoisotopic (exact) mass is 189 g/mol. The summed E-state index contributed by atoms with van der Waals surface area (Å²) in [5.74, 6) is 0.105. The van der Waals surface area contributed by atoms with Gasteiger partial charge in [0.15, 0.2) is 0 Å². The topological polar surface area (TPSA) is 44.0 Å². The lowest BCUT2D eigenvalue weighted by atomic mass is 9.96. The molecule has 1 atom stereocenters. The van der Waals surface area contributed by atoms with Crippen molar-refractivity contribution in [2.45, 2.75) is 26.2 Å². The summed E-state index contributed by atoms with van der Waals surface area (Å²) >= 11 is 0. The molecule has 1 aromatic rings. The molecule has 2 nitrogen and oxygen atoms in total. The third-order valence-electron chi connectivity index (χ3n) is 2.48. The van der Waals surface area contributed by atoms with Crippen LogP contribution in [0.25, 0.3) is 0 Å². The first kappa shape index (κ1) is 10.7. The molecule has 0 spiro atoms. The first-order valence-corrected chi connectivity index (χ1v) is 4.86. The summed E-state index contributed by atoms with van der Waals surface area (Å²) in [6.07, 6.45) is 0.872. The highest BCUT2D eigenvalue weighted by atomic mass is 16.3. The van der Waals surface area contributed by atoms with Gasteiger partial charge in [-0.25, -0.2) is 0 Å². The Labute approximate surface area is 84.8 Å². The van der Waals surface area contributed by atoms with Crippen LogP contribution in [0.15, 0.2) is 18.2 Å². The van der Waals surface area contributed by atoms with E-state index in [0.29, 0.717) is 0 Å². The van der Waals surface area contributed by atoms with Gasteiger partial charge in [-0.2, -0.15) is 5.26 Å². The number of nitrogens with zero attached hydrogens (tertiary/aromatic N) is 1. The van der Waals surface area contributed by atoms with Crippen LogP contribution in [0.2, 0.25) is 0 Å². The highest BCUT2D eigenvalue weighted by Crippen LogP contribution is 2.18. The van der Waals surface area contributed by atoms with Crippen molar-refractivity contribution in [3.8, 4) is 6.07 Å². The van der Waals surface area contributed by atoms with Crippen molar-refractivity contribution in [2.24, 2.45) is 0 Å². The maximum absolute atomic E-state index is 9.00. The summed E-state index contributed by atoms with van der Waals surface area (Å²) in [6, 6.07) is 8.02. The standard InChI is InChI=1S/C12H15NO/c1-3-10-4-5-11(9(2)8-14)6-12(10)7-13/h4-6,9,14H,3,8H2,1-2H3. The van der Waals surface area contributed by atoms with Crippen LogP contribution in [0.4, 0.5) is 0 Å². The summed E-state index contributed by atoms with van der Waals surface area (Å²) in [5, 5.41) is 17.9. The Morgan fingerprint density at radius 1 is 1.50 bits per heavy atom. The molecule has 1 N–H and O–H groups in total. The van der Waals surface area contributed by atoms with Gasteiger partial charge in [-0.1, -0.05) is 26.0 Å². The van der Waals surface area contributed by atoms with Gasteiger partial charge in [-0.3, -0.25) is 0 Å².